The van der Waals surface area contributed by atoms with Gasteiger partial charge < -0.3 is 0 Å². The Hall–Kier alpha value is -2.16. The van der Waals surface area contributed by atoms with Crippen LogP contribution in [0.4, 0.5) is 5.69 Å². The summed E-state index contributed by atoms with van der Waals surface area (Å²) >= 11 is 11.8. The van der Waals surface area contributed by atoms with Gasteiger partial charge in [0.2, 0.25) is 0 Å². The van der Waals surface area contributed by atoms with Crippen LogP contribution >= 0.6 is 23.2 Å². The van der Waals surface area contributed by atoms with Crippen LogP contribution in [0.5, 0.6) is 0 Å². The quantitative estimate of drug-likeness (QED) is 0.747. The van der Waals surface area contributed by atoms with Gasteiger partial charge in [0.1, 0.15) is 4.90 Å². The molecule has 0 saturated carbocycles. The Morgan fingerprint density at radius 2 is 1.92 bits per heavy atom. The molecule has 0 fully saturated rings. The first-order valence-corrected chi connectivity index (χ1v) is 8.91. The lowest BCUT2D eigenvalue weighted by Gasteiger charge is -2.10. The van der Waals surface area contributed by atoms with Gasteiger partial charge in [-0.2, -0.15) is 0 Å². The number of tetrazole rings is 1. The molecule has 124 valence electrons. The molecule has 0 atom stereocenters. The van der Waals surface area contributed by atoms with Crippen molar-refractivity contribution in [2.75, 3.05) is 4.72 Å². The molecule has 0 unspecified atom stereocenters. The Morgan fingerprint density at radius 3 is 2.62 bits per heavy atom. The Balaban J connectivity index is 1.96. The molecule has 7 nitrogen and oxygen atoms in total. The average molecular weight is 384 g/mol. The number of halogens is 2. The predicted molar refractivity (Wildman–Crippen MR) is 91.5 cm³/mol. The van der Waals surface area contributed by atoms with Crippen LogP contribution in [0.2, 0.25) is 10.0 Å². The van der Waals surface area contributed by atoms with Crippen LogP contribution in [-0.2, 0) is 17.1 Å². The van der Waals surface area contributed by atoms with Crippen LogP contribution in [0.1, 0.15) is 0 Å². The number of benzene rings is 2. The second-order valence-electron chi connectivity index (χ2n) is 4.89. The average Bonchev–Trinajstić information content (AvgIpc) is 2.95. The second kappa shape index (κ2) is 6.39. The summed E-state index contributed by atoms with van der Waals surface area (Å²) in [6.45, 7) is 0. The van der Waals surface area contributed by atoms with E-state index in [-0.39, 0.29) is 14.9 Å². The summed E-state index contributed by atoms with van der Waals surface area (Å²) < 4.78 is 29.0. The topological polar surface area (TPSA) is 89.8 Å². The number of hydrogen-bond acceptors (Lipinski definition) is 5. The van der Waals surface area contributed by atoms with Gasteiger partial charge in [-0.15, -0.1) is 5.10 Å². The van der Waals surface area contributed by atoms with E-state index < -0.39 is 10.0 Å². The van der Waals surface area contributed by atoms with Crippen LogP contribution in [0.25, 0.3) is 11.4 Å². The van der Waals surface area contributed by atoms with Crippen LogP contribution in [0, 0.1) is 0 Å². The van der Waals surface area contributed by atoms with Gasteiger partial charge in [-0.3, -0.25) is 4.72 Å². The third-order valence-electron chi connectivity index (χ3n) is 3.18. The molecule has 0 amide bonds. The molecule has 0 bridgehead atoms. The normalized spacial score (nSPS) is 11.5. The molecule has 24 heavy (non-hydrogen) atoms. The number of anilines is 1. The first-order chi connectivity index (χ1) is 11.4. The lowest BCUT2D eigenvalue weighted by Crippen LogP contribution is -2.13. The number of aryl methyl sites for hydroxylation is 1. The summed E-state index contributed by atoms with van der Waals surface area (Å²) in [6, 6.07) is 11.0. The van der Waals surface area contributed by atoms with Crippen LogP contribution in [0.15, 0.2) is 47.4 Å². The Bertz CT molecular complexity index is 1000. The van der Waals surface area contributed by atoms with Gasteiger partial charge in [-0.05, 0) is 40.8 Å². The molecule has 0 aliphatic carbocycles. The molecule has 0 aliphatic rings. The van der Waals surface area contributed by atoms with E-state index >= 15 is 0 Å². The molecule has 0 spiro atoms. The van der Waals surface area contributed by atoms with Gasteiger partial charge in [0.15, 0.2) is 5.82 Å². The second-order valence-corrected chi connectivity index (χ2v) is 7.38. The van der Waals surface area contributed by atoms with Crippen molar-refractivity contribution in [3.05, 3.63) is 52.5 Å². The maximum atomic E-state index is 12.5. The van der Waals surface area contributed by atoms with Crippen molar-refractivity contribution in [3.63, 3.8) is 0 Å². The summed E-state index contributed by atoms with van der Waals surface area (Å²) in [6.07, 6.45) is 0. The van der Waals surface area contributed by atoms with E-state index in [1.54, 1.807) is 31.3 Å². The van der Waals surface area contributed by atoms with Crippen LogP contribution in [-0.4, -0.2) is 28.6 Å². The van der Waals surface area contributed by atoms with E-state index in [9.17, 15) is 8.42 Å². The highest BCUT2D eigenvalue weighted by molar-refractivity contribution is 7.92. The molecular weight excluding hydrogens is 373 g/mol. The number of rotatable bonds is 4. The zero-order valence-corrected chi connectivity index (χ0v) is 14.6. The van der Waals surface area contributed by atoms with Crippen LogP contribution in [0.3, 0.4) is 0 Å². The van der Waals surface area contributed by atoms with Crippen molar-refractivity contribution in [1.29, 1.82) is 0 Å². The number of hydrogen-bond donors (Lipinski definition) is 1. The monoisotopic (exact) mass is 383 g/mol. The van der Waals surface area contributed by atoms with Crippen molar-refractivity contribution in [3.8, 4) is 11.4 Å². The molecular formula is C14H11Cl2N5O2S. The standard InChI is InChI=1S/C14H11Cl2N5O2S/c1-21-14(17-19-20-21)9-3-2-4-11(7-9)18-24(22,23)13-8-10(15)5-6-12(13)16/h2-8,18H,1H3. The molecule has 1 heterocycles. The minimum atomic E-state index is -3.89. The zero-order valence-electron chi connectivity index (χ0n) is 12.3. The maximum Gasteiger partial charge on any atom is 0.263 e. The lowest BCUT2D eigenvalue weighted by molar-refractivity contribution is 0.601. The van der Waals surface area contributed by atoms with E-state index in [2.05, 4.69) is 20.2 Å². The number of nitrogens with zero attached hydrogens (tertiary/aromatic N) is 4. The van der Waals surface area contributed by atoms with Gasteiger partial charge in [0.05, 0.1) is 5.02 Å². The predicted octanol–water partition coefficient (Wildman–Crippen LogP) is 2.98. The number of sulfonamides is 1. The molecule has 1 N–H and O–H groups in total. The molecule has 0 radical (unpaired) electrons. The third-order valence-corrected chi connectivity index (χ3v) is 5.27. The van der Waals surface area contributed by atoms with Crippen molar-refractivity contribution < 1.29 is 8.42 Å². The van der Waals surface area contributed by atoms with E-state index in [0.29, 0.717) is 17.1 Å². The summed E-state index contributed by atoms with van der Waals surface area (Å²) in [7, 11) is -2.19. The van der Waals surface area contributed by atoms with E-state index in [4.69, 9.17) is 23.2 Å². The first-order valence-electron chi connectivity index (χ1n) is 6.67. The summed E-state index contributed by atoms with van der Waals surface area (Å²) in [5.74, 6) is 0.511. The van der Waals surface area contributed by atoms with Crippen molar-refractivity contribution in [2.45, 2.75) is 4.90 Å². The molecule has 2 aromatic carbocycles. The fourth-order valence-electron chi connectivity index (χ4n) is 2.09. The van der Waals surface area contributed by atoms with Gasteiger partial charge in [0.25, 0.3) is 10.0 Å². The van der Waals surface area contributed by atoms with Crippen molar-refractivity contribution in [1.82, 2.24) is 20.2 Å². The van der Waals surface area contributed by atoms with Gasteiger partial charge in [0, 0.05) is 23.3 Å². The Labute approximate surface area is 148 Å². The Morgan fingerprint density at radius 1 is 1.12 bits per heavy atom. The van der Waals surface area contributed by atoms with Crippen molar-refractivity contribution in [2.24, 2.45) is 7.05 Å². The molecule has 1 aromatic heterocycles. The highest BCUT2D eigenvalue weighted by Gasteiger charge is 2.19. The fraction of sp³-hybridized carbons (Fsp3) is 0.0714. The fourth-order valence-corrected chi connectivity index (χ4v) is 3.90. The van der Waals surface area contributed by atoms with Crippen molar-refractivity contribution >= 4 is 38.9 Å². The highest BCUT2D eigenvalue weighted by atomic mass is 35.5. The lowest BCUT2D eigenvalue weighted by atomic mass is 10.2. The molecule has 0 saturated heterocycles. The Kier molecular flexibility index (Phi) is 4.44. The zero-order chi connectivity index (χ0) is 17.3. The van der Waals surface area contributed by atoms with Gasteiger partial charge in [-0.1, -0.05) is 35.3 Å². The molecule has 3 rings (SSSR count). The summed E-state index contributed by atoms with van der Waals surface area (Å²) in [5.41, 5.74) is 1.02. The number of aromatic nitrogens is 4. The first kappa shape index (κ1) is 16.7. The maximum absolute atomic E-state index is 12.5. The number of nitrogens with one attached hydrogen (secondary N) is 1. The van der Waals surface area contributed by atoms with E-state index in [0.717, 1.165) is 0 Å². The highest BCUT2D eigenvalue weighted by Crippen LogP contribution is 2.28. The van der Waals surface area contributed by atoms with E-state index in [1.807, 2.05) is 0 Å². The summed E-state index contributed by atoms with van der Waals surface area (Å²) in [5, 5.41) is 11.6. The molecule has 0 aliphatic heterocycles. The third kappa shape index (κ3) is 3.35. The van der Waals surface area contributed by atoms with Gasteiger partial charge in [-0.25, -0.2) is 13.1 Å². The van der Waals surface area contributed by atoms with Crippen LogP contribution < -0.4 is 4.72 Å². The largest absolute Gasteiger partial charge is 0.280 e. The smallest absolute Gasteiger partial charge is 0.263 e. The SMILES string of the molecule is Cn1nnnc1-c1cccc(NS(=O)(=O)c2cc(Cl)ccc2Cl)c1. The molecule has 3 aromatic rings. The minimum Gasteiger partial charge on any atom is -0.280 e. The minimum absolute atomic E-state index is 0.0838. The van der Waals surface area contributed by atoms with Gasteiger partial charge >= 0.3 is 0 Å². The van der Waals surface area contributed by atoms with E-state index in [1.165, 1.54) is 22.9 Å². The summed E-state index contributed by atoms with van der Waals surface area (Å²) in [4.78, 5) is -0.0950. The molecule has 10 heteroatoms.